The predicted octanol–water partition coefficient (Wildman–Crippen LogP) is 3.14. The lowest BCUT2D eigenvalue weighted by Gasteiger charge is -2.10. The van der Waals surface area contributed by atoms with Crippen LogP contribution in [0.5, 0.6) is 11.5 Å². The summed E-state index contributed by atoms with van der Waals surface area (Å²) >= 11 is 3.35. The Morgan fingerprint density at radius 1 is 1.28 bits per heavy atom. The summed E-state index contributed by atoms with van der Waals surface area (Å²) in [5, 5.41) is 14.6. The molecule has 1 amide bonds. The number of nitro groups is 1. The summed E-state index contributed by atoms with van der Waals surface area (Å²) < 4.78 is 11.3. The number of carbonyl (C=O) groups excluding carboxylic acids is 1. The molecule has 0 spiro atoms. The molecule has 0 aromatic heterocycles. The average molecular weight is 408 g/mol. The molecule has 8 nitrogen and oxygen atoms in total. The van der Waals surface area contributed by atoms with Crippen LogP contribution in [0.3, 0.4) is 0 Å². The molecule has 0 unspecified atom stereocenters. The van der Waals surface area contributed by atoms with Crippen molar-refractivity contribution in [1.29, 1.82) is 0 Å². The van der Waals surface area contributed by atoms with Crippen molar-refractivity contribution in [3.8, 4) is 11.5 Å². The maximum absolute atomic E-state index is 12.0. The molecule has 0 aliphatic rings. The summed E-state index contributed by atoms with van der Waals surface area (Å²) in [5.41, 5.74) is 2.85. The van der Waals surface area contributed by atoms with E-state index < -0.39 is 10.8 Å². The lowest BCUT2D eigenvalue weighted by molar-refractivity contribution is -0.384. The van der Waals surface area contributed by atoms with E-state index in [1.807, 2.05) is 0 Å². The quantitative estimate of drug-likeness (QED) is 0.450. The van der Waals surface area contributed by atoms with E-state index in [2.05, 4.69) is 26.5 Å². The van der Waals surface area contributed by atoms with Crippen molar-refractivity contribution < 1.29 is 19.2 Å². The van der Waals surface area contributed by atoms with Gasteiger partial charge in [0.2, 0.25) is 0 Å². The third kappa shape index (κ3) is 4.54. The number of nitro benzene ring substituents is 1. The number of rotatable bonds is 6. The molecule has 2 rings (SSSR count). The Morgan fingerprint density at radius 3 is 2.68 bits per heavy atom. The van der Waals surface area contributed by atoms with Crippen LogP contribution in [0, 0.1) is 10.1 Å². The summed E-state index contributed by atoms with van der Waals surface area (Å²) in [6.07, 6.45) is 1.39. The number of methoxy groups -OCH3 is 2. The highest BCUT2D eigenvalue weighted by atomic mass is 79.9. The molecule has 2 aromatic carbocycles. The zero-order valence-electron chi connectivity index (χ0n) is 13.4. The molecule has 0 fully saturated rings. The Balaban J connectivity index is 2.18. The molecule has 130 valence electrons. The van der Waals surface area contributed by atoms with Crippen LogP contribution < -0.4 is 14.9 Å². The normalized spacial score (nSPS) is 10.5. The van der Waals surface area contributed by atoms with Crippen LogP contribution in [0.25, 0.3) is 0 Å². The van der Waals surface area contributed by atoms with Crippen LogP contribution in [0.15, 0.2) is 46.0 Å². The molecule has 0 aliphatic heterocycles. The number of amides is 1. The Labute approximate surface area is 151 Å². The van der Waals surface area contributed by atoms with Gasteiger partial charge in [0.15, 0.2) is 11.5 Å². The molecule has 0 bridgehead atoms. The lowest BCUT2D eigenvalue weighted by Crippen LogP contribution is -2.17. The van der Waals surface area contributed by atoms with Gasteiger partial charge >= 0.3 is 0 Å². The first kappa shape index (κ1) is 18.4. The van der Waals surface area contributed by atoms with Crippen molar-refractivity contribution in [1.82, 2.24) is 5.43 Å². The van der Waals surface area contributed by atoms with Gasteiger partial charge in [0.25, 0.3) is 11.6 Å². The fourth-order valence-corrected chi connectivity index (χ4v) is 2.50. The number of halogens is 1. The van der Waals surface area contributed by atoms with Crippen LogP contribution in [0.1, 0.15) is 15.9 Å². The number of benzene rings is 2. The van der Waals surface area contributed by atoms with Gasteiger partial charge in [0.05, 0.1) is 25.4 Å². The van der Waals surface area contributed by atoms with Crippen LogP contribution in [0.4, 0.5) is 5.69 Å². The number of non-ortho nitro benzene ring substituents is 1. The van der Waals surface area contributed by atoms with E-state index in [1.165, 1.54) is 44.7 Å². The number of nitrogens with one attached hydrogen (secondary N) is 1. The van der Waals surface area contributed by atoms with Gasteiger partial charge < -0.3 is 9.47 Å². The molecule has 25 heavy (non-hydrogen) atoms. The lowest BCUT2D eigenvalue weighted by atomic mass is 10.2. The first-order chi connectivity index (χ1) is 12.0. The Hall–Kier alpha value is -2.94. The van der Waals surface area contributed by atoms with Gasteiger partial charge in [0.1, 0.15) is 0 Å². The minimum absolute atomic E-state index is 0.130. The molecular weight excluding hydrogens is 394 g/mol. The van der Waals surface area contributed by atoms with Gasteiger partial charge in [-0.05, 0) is 18.2 Å². The molecule has 9 heteroatoms. The third-order valence-corrected chi connectivity index (χ3v) is 3.62. The Kier molecular flexibility index (Phi) is 6.07. The zero-order chi connectivity index (χ0) is 18.4. The molecule has 0 saturated carbocycles. The van der Waals surface area contributed by atoms with Crippen LogP contribution in [0.2, 0.25) is 0 Å². The predicted molar refractivity (Wildman–Crippen MR) is 95.4 cm³/mol. The van der Waals surface area contributed by atoms with Gasteiger partial charge in [-0.25, -0.2) is 5.43 Å². The minimum Gasteiger partial charge on any atom is -0.493 e. The largest absolute Gasteiger partial charge is 0.493 e. The Morgan fingerprint density at radius 2 is 2.04 bits per heavy atom. The molecule has 0 atom stereocenters. The standard InChI is InChI=1S/C16H14BrN3O5/c1-24-14-8-12(17)6-11(15(14)25-2)9-18-19-16(21)10-4-3-5-13(7-10)20(22)23/h3-9H,1-2H3,(H,19,21)/b18-9+. The van der Waals surface area contributed by atoms with E-state index >= 15 is 0 Å². The average Bonchev–Trinajstić information content (AvgIpc) is 2.61. The smallest absolute Gasteiger partial charge is 0.271 e. The first-order valence-corrected chi connectivity index (χ1v) is 7.75. The van der Waals surface area contributed by atoms with E-state index in [4.69, 9.17) is 9.47 Å². The maximum atomic E-state index is 12.0. The van der Waals surface area contributed by atoms with Gasteiger partial charge in [-0.3, -0.25) is 14.9 Å². The number of ether oxygens (including phenoxy) is 2. The van der Waals surface area contributed by atoms with Gasteiger partial charge in [-0.15, -0.1) is 0 Å². The second-order valence-electron chi connectivity index (χ2n) is 4.74. The summed E-state index contributed by atoms with van der Waals surface area (Å²) in [6, 6.07) is 8.84. The van der Waals surface area contributed by atoms with Crippen molar-refractivity contribution in [3.05, 3.63) is 62.1 Å². The maximum Gasteiger partial charge on any atom is 0.271 e. The zero-order valence-corrected chi connectivity index (χ0v) is 14.9. The summed E-state index contributed by atoms with van der Waals surface area (Å²) in [6.45, 7) is 0. The second-order valence-corrected chi connectivity index (χ2v) is 5.65. The van der Waals surface area contributed by atoms with Crippen molar-refractivity contribution >= 4 is 33.7 Å². The molecule has 1 N–H and O–H groups in total. The van der Waals surface area contributed by atoms with Gasteiger partial charge in [-0.2, -0.15) is 5.10 Å². The van der Waals surface area contributed by atoms with Crippen LogP contribution in [-0.4, -0.2) is 31.3 Å². The molecule has 0 aliphatic carbocycles. The SMILES string of the molecule is COc1cc(Br)cc(/C=N/NC(=O)c2cccc([N+](=O)[O-])c2)c1OC. The number of hydrogen-bond acceptors (Lipinski definition) is 6. The summed E-state index contributed by atoms with van der Waals surface area (Å²) in [4.78, 5) is 22.2. The van der Waals surface area contributed by atoms with Crippen molar-refractivity contribution in [2.24, 2.45) is 5.10 Å². The Bertz CT molecular complexity index is 839. The summed E-state index contributed by atoms with van der Waals surface area (Å²) in [7, 11) is 3.00. The van der Waals surface area contributed by atoms with Crippen LogP contribution >= 0.6 is 15.9 Å². The first-order valence-electron chi connectivity index (χ1n) is 6.95. The number of hydrogen-bond donors (Lipinski definition) is 1. The molecule has 0 heterocycles. The number of nitrogens with zero attached hydrogens (tertiary/aromatic N) is 2. The van der Waals surface area contributed by atoms with Crippen molar-refractivity contribution in [3.63, 3.8) is 0 Å². The van der Waals surface area contributed by atoms with E-state index in [0.29, 0.717) is 17.1 Å². The monoisotopic (exact) mass is 407 g/mol. The third-order valence-electron chi connectivity index (χ3n) is 3.16. The second kappa shape index (κ2) is 8.25. The highest BCUT2D eigenvalue weighted by Gasteiger charge is 2.12. The number of hydrazone groups is 1. The van der Waals surface area contributed by atoms with Crippen molar-refractivity contribution in [2.75, 3.05) is 14.2 Å². The molecule has 2 aromatic rings. The van der Waals surface area contributed by atoms with E-state index in [1.54, 1.807) is 12.1 Å². The molecular formula is C16H14BrN3O5. The van der Waals surface area contributed by atoms with E-state index in [0.717, 1.165) is 4.47 Å². The summed E-state index contributed by atoms with van der Waals surface area (Å²) in [5.74, 6) is 0.392. The topological polar surface area (TPSA) is 103 Å². The van der Waals surface area contributed by atoms with E-state index in [-0.39, 0.29) is 11.3 Å². The highest BCUT2D eigenvalue weighted by molar-refractivity contribution is 9.10. The minimum atomic E-state index is -0.571. The van der Waals surface area contributed by atoms with Crippen LogP contribution in [-0.2, 0) is 0 Å². The number of carbonyl (C=O) groups is 1. The van der Waals surface area contributed by atoms with Gasteiger partial charge in [-0.1, -0.05) is 22.0 Å². The highest BCUT2D eigenvalue weighted by Crippen LogP contribution is 2.33. The molecule has 0 radical (unpaired) electrons. The van der Waals surface area contributed by atoms with E-state index in [9.17, 15) is 14.9 Å². The molecule has 0 saturated heterocycles. The van der Waals surface area contributed by atoms with Gasteiger partial charge in [0, 0.05) is 27.7 Å². The fraction of sp³-hybridized carbons (Fsp3) is 0.125. The fourth-order valence-electron chi connectivity index (χ4n) is 2.04. The van der Waals surface area contributed by atoms with Crippen molar-refractivity contribution in [2.45, 2.75) is 0 Å².